The Bertz CT molecular complexity index is 531. The molecule has 0 radical (unpaired) electrons. The molecule has 0 bridgehead atoms. The second-order valence-electron chi connectivity index (χ2n) is 5.49. The molecule has 22 heavy (non-hydrogen) atoms. The van der Waals surface area contributed by atoms with Crippen LogP contribution in [0.5, 0.6) is 0 Å². The molecule has 5 nitrogen and oxygen atoms in total. The second-order valence-corrected chi connectivity index (χ2v) is 5.49. The van der Waals surface area contributed by atoms with Crippen molar-refractivity contribution in [2.24, 2.45) is 5.92 Å². The summed E-state index contributed by atoms with van der Waals surface area (Å²) in [4.78, 5) is 17.9. The fourth-order valence-corrected chi connectivity index (χ4v) is 1.85. The third-order valence-electron chi connectivity index (χ3n) is 3.19. The summed E-state index contributed by atoms with van der Waals surface area (Å²) in [5.41, 5.74) is 1.34. The average Bonchev–Trinajstić information content (AvgIpc) is 2.54. The normalized spacial score (nSPS) is 11.1. The summed E-state index contributed by atoms with van der Waals surface area (Å²) in [6.07, 6.45) is 6.03. The summed E-state index contributed by atoms with van der Waals surface area (Å²) in [6.45, 7) is 8.11. The van der Waals surface area contributed by atoms with Gasteiger partial charge in [0, 0.05) is 38.2 Å². The van der Waals surface area contributed by atoms with Gasteiger partial charge in [-0.05, 0) is 37.0 Å². The van der Waals surface area contributed by atoms with Gasteiger partial charge in [0.15, 0.2) is 0 Å². The zero-order valence-corrected chi connectivity index (χ0v) is 13.5. The highest BCUT2D eigenvalue weighted by Crippen LogP contribution is 2.03. The number of carbonyl (C=O) groups is 1. The second kappa shape index (κ2) is 9.56. The summed E-state index contributed by atoms with van der Waals surface area (Å²) >= 11 is 0. The van der Waals surface area contributed by atoms with Crippen LogP contribution in [0.25, 0.3) is 0 Å². The molecule has 5 heteroatoms. The molecule has 0 aliphatic carbocycles. The van der Waals surface area contributed by atoms with Crippen molar-refractivity contribution in [1.29, 1.82) is 5.26 Å². The fourth-order valence-electron chi connectivity index (χ4n) is 1.85. The molecule has 0 aromatic carbocycles. The number of hydrogen-bond donors (Lipinski definition) is 1. The summed E-state index contributed by atoms with van der Waals surface area (Å²) < 4.78 is 0. The number of hydrogen-bond acceptors (Lipinski definition) is 4. The van der Waals surface area contributed by atoms with Gasteiger partial charge in [0.05, 0.1) is 0 Å². The lowest BCUT2D eigenvalue weighted by Crippen LogP contribution is -2.30. The lowest BCUT2D eigenvalue weighted by atomic mass is 10.2. The molecule has 1 heterocycles. The topological polar surface area (TPSA) is 69.0 Å². The Balaban J connectivity index is 2.63. The molecule has 1 aromatic rings. The van der Waals surface area contributed by atoms with E-state index in [0.717, 1.165) is 19.5 Å². The Morgan fingerprint density at radius 1 is 1.45 bits per heavy atom. The van der Waals surface area contributed by atoms with Crippen molar-refractivity contribution in [3.05, 3.63) is 41.9 Å². The van der Waals surface area contributed by atoms with Gasteiger partial charge in [-0.15, -0.1) is 0 Å². The van der Waals surface area contributed by atoms with Crippen molar-refractivity contribution in [3.63, 3.8) is 0 Å². The molecule has 118 valence electrons. The van der Waals surface area contributed by atoms with Gasteiger partial charge in [-0.3, -0.25) is 9.78 Å². The number of rotatable bonds is 8. The summed E-state index contributed by atoms with van der Waals surface area (Å²) in [7, 11) is 0. The van der Waals surface area contributed by atoms with E-state index in [4.69, 9.17) is 0 Å². The molecular formula is C17H24N4O. The maximum atomic E-state index is 12.0. The van der Waals surface area contributed by atoms with E-state index in [1.54, 1.807) is 18.6 Å². The number of amides is 1. The molecule has 0 unspecified atom stereocenters. The van der Waals surface area contributed by atoms with Gasteiger partial charge in [-0.2, -0.15) is 5.26 Å². The Labute approximate surface area is 132 Å². The van der Waals surface area contributed by atoms with Crippen molar-refractivity contribution in [1.82, 2.24) is 15.2 Å². The van der Waals surface area contributed by atoms with Gasteiger partial charge >= 0.3 is 0 Å². The fraction of sp³-hybridized carbons (Fsp3) is 0.471. The number of carbonyl (C=O) groups excluding carboxylic acids is 1. The van der Waals surface area contributed by atoms with E-state index in [0.29, 0.717) is 12.5 Å². The maximum Gasteiger partial charge on any atom is 0.263 e. The van der Waals surface area contributed by atoms with Gasteiger partial charge in [-0.1, -0.05) is 13.8 Å². The highest BCUT2D eigenvalue weighted by molar-refractivity contribution is 5.97. The average molecular weight is 300 g/mol. The van der Waals surface area contributed by atoms with Crippen LogP contribution >= 0.6 is 0 Å². The molecule has 0 atom stereocenters. The number of nitriles is 1. The van der Waals surface area contributed by atoms with E-state index in [1.165, 1.54) is 5.56 Å². The molecule has 0 fully saturated rings. The highest BCUT2D eigenvalue weighted by Gasteiger charge is 2.11. The van der Waals surface area contributed by atoms with Crippen molar-refractivity contribution in [2.75, 3.05) is 19.6 Å². The summed E-state index contributed by atoms with van der Waals surface area (Å²) in [5, 5.41) is 11.9. The Morgan fingerprint density at radius 3 is 2.68 bits per heavy atom. The lowest BCUT2D eigenvalue weighted by Gasteiger charge is -2.19. The molecule has 1 amide bonds. The van der Waals surface area contributed by atoms with Crippen LogP contribution in [0.15, 0.2) is 36.3 Å². The van der Waals surface area contributed by atoms with E-state index >= 15 is 0 Å². The van der Waals surface area contributed by atoms with E-state index in [9.17, 15) is 10.1 Å². The first kappa shape index (κ1) is 17.7. The number of nitrogens with zero attached hydrogens (tertiary/aromatic N) is 3. The van der Waals surface area contributed by atoms with Crippen LogP contribution < -0.4 is 5.32 Å². The predicted molar refractivity (Wildman–Crippen MR) is 86.7 cm³/mol. The van der Waals surface area contributed by atoms with Crippen molar-refractivity contribution in [2.45, 2.75) is 27.2 Å². The molecule has 0 saturated carbocycles. The van der Waals surface area contributed by atoms with Gasteiger partial charge in [0.2, 0.25) is 0 Å². The van der Waals surface area contributed by atoms with Crippen LogP contribution in [0.2, 0.25) is 0 Å². The number of pyridine rings is 1. The Kier molecular flexibility index (Phi) is 7.69. The minimum atomic E-state index is -0.307. The van der Waals surface area contributed by atoms with Crippen LogP contribution in [-0.2, 0) is 11.2 Å². The lowest BCUT2D eigenvalue weighted by molar-refractivity contribution is -0.117. The Hall–Kier alpha value is -2.35. The predicted octanol–water partition coefficient (Wildman–Crippen LogP) is 2.13. The van der Waals surface area contributed by atoms with E-state index in [-0.39, 0.29) is 11.5 Å². The van der Waals surface area contributed by atoms with Crippen molar-refractivity contribution < 1.29 is 4.79 Å². The van der Waals surface area contributed by atoms with E-state index < -0.39 is 0 Å². The van der Waals surface area contributed by atoms with E-state index in [2.05, 4.69) is 10.3 Å². The summed E-state index contributed by atoms with van der Waals surface area (Å²) in [5.74, 6) is 0.0522. The minimum Gasteiger partial charge on any atom is -0.376 e. The largest absolute Gasteiger partial charge is 0.376 e. The van der Waals surface area contributed by atoms with Crippen LogP contribution in [0.1, 0.15) is 26.3 Å². The first-order chi connectivity index (χ1) is 10.6. The van der Waals surface area contributed by atoms with Crippen LogP contribution in [0.4, 0.5) is 0 Å². The van der Waals surface area contributed by atoms with Gasteiger partial charge in [-0.25, -0.2) is 0 Å². The molecule has 0 aliphatic rings. The molecule has 0 saturated heterocycles. The SMILES string of the molecule is CCN(/C=C(/C#N)C(=O)NCC(C)C)CCc1ccncc1. The number of aromatic nitrogens is 1. The zero-order valence-electron chi connectivity index (χ0n) is 13.5. The Morgan fingerprint density at radius 2 is 2.14 bits per heavy atom. The molecule has 1 N–H and O–H groups in total. The molecule has 0 spiro atoms. The third-order valence-corrected chi connectivity index (χ3v) is 3.19. The minimum absolute atomic E-state index is 0.150. The van der Waals surface area contributed by atoms with Crippen molar-refractivity contribution >= 4 is 5.91 Å². The first-order valence-electron chi connectivity index (χ1n) is 7.59. The third kappa shape index (κ3) is 6.40. The quantitative estimate of drug-likeness (QED) is 0.590. The monoisotopic (exact) mass is 300 g/mol. The van der Waals surface area contributed by atoms with E-state index in [1.807, 2.05) is 43.9 Å². The summed E-state index contributed by atoms with van der Waals surface area (Å²) in [6, 6.07) is 5.93. The van der Waals surface area contributed by atoms with Crippen LogP contribution in [0.3, 0.4) is 0 Å². The van der Waals surface area contributed by atoms with Crippen LogP contribution in [0, 0.1) is 17.2 Å². The molecule has 1 rings (SSSR count). The maximum absolute atomic E-state index is 12.0. The highest BCUT2D eigenvalue weighted by atomic mass is 16.1. The van der Waals surface area contributed by atoms with Crippen LogP contribution in [-0.4, -0.2) is 35.4 Å². The molecular weight excluding hydrogens is 276 g/mol. The standard InChI is InChI=1S/C17H24N4O/c1-4-21(10-7-15-5-8-19-9-6-15)13-16(11-18)17(22)20-12-14(2)3/h5-6,8-9,13-14H,4,7,10,12H2,1-3H3,(H,20,22)/b16-13-. The van der Waals surface area contributed by atoms with Gasteiger partial charge < -0.3 is 10.2 Å². The van der Waals surface area contributed by atoms with Gasteiger partial charge in [0.25, 0.3) is 5.91 Å². The number of likely N-dealkylation sites (N-methyl/N-ethyl adjacent to an activating group) is 1. The smallest absolute Gasteiger partial charge is 0.263 e. The molecule has 1 aromatic heterocycles. The molecule has 0 aliphatic heterocycles. The van der Waals surface area contributed by atoms with Crippen molar-refractivity contribution in [3.8, 4) is 6.07 Å². The zero-order chi connectivity index (χ0) is 16.4. The van der Waals surface area contributed by atoms with Gasteiger partial charge in [0.1, 0.15) is 11.6 Å². The number of nitrogens with one attached hydrogen (secondary N) is 1. The first-order valence-corrected chi connectivity index (χ1v) is 7.59.